The van der Waals surface area contributed by atoms with Crippen LogP contribution < -0.4 is 14.2 Å². The highest BCUT2D eigenvalue weighted by Gasteiger charge is 2.20. The zero-order valence-corrected chi connectivity index (χ0v) is 32.6. The van der Waals surface area contributed by atoms with Gasteiger partial charge in [-0.05, 0) is 125 Å². The van der Waals surface area contributed by atoms with Gasteiger partial charge in [0.15, 0.2) is 0 Å². The van der Waals surface area contributed by atoms with Crippen molar-refractivity contribution in [2.24, 2.45) is 5.92 Å². The third kappa shape index (κ3) is 18.0. The maximum Gasteiger partial charge on any atom is 0.513 e. The molecule has 1 unspecified atom stereocenters. The number of hydrogen-bond acceptors (Lipinski definition) is 13. The predicted octanol–water partition coefficient (Wildman–Crippen LogP) is 7.64. The lowest BCUT2D eigenvalue weighted by atomic mass is 9.98. The topological polar surface area (TPSA) is 170 Å². The van der Waals surface area contributed by atoms with Crippen LogP contribution in [0.2, 0.25) is 0 Å². The van der Waals surface area contributed by atoms with Crippen LogP contribution >= 0.6 is 0 Å². The molecule has 0 radical (unpaired) electrons. The van der Waals surface area contributed by atoms with E-state index in [1.54, 1.807) is 19.1 Å². The van der Waals surface area contributed by atoms with Gasteiger partial charge in [-0.3, -0.25) is 9.59 Å². The molecule has 56 heavy (non-hydrogen) atoms. The summed E-state index contributed by atoms with van der Waals surface area (Å²) in [6, 6.07) is 12.0. The molecular weight excluding hydrogens is 724 g/mol. The maximum absolute atomic E-state index is 12.5. The zero-order valence-electron chi connectivity index (χ0n) is 32.6. The summed E-state index contributed by atoms with van der Waals surface area (Å²) in [6.45, 7) is 7.93. The Kier molecular flexibility index (Phi) is 20.9. The van der Waals surface area contributed by atoms with Gasteiger partial charge in [-0.25, -0.2) is 14.4 Å². The summed E-state index contributed by atoms with van der Waals surface area (Å²) in [4.78, 5) is 60.6. The molecule has 1 aliphatic carbocycles. The molecule has 2 aromatic rings. The molecule has 0 saturated heterocycles. The third-order valence-corrected chi connectivity index (χ3v) is 8.83. The fourth-order valence-electron chi connectivity index (χ4n) is 5.52. The molecule has 306 valence electrons. The largest absolute Gasteiger partial charge is 0.513 e. The van der Waals surface area contributed by atoms with Gasteiger partial charge in [0.05, 0.1) is 45.4 Å². The van der Waals surface area contributed by atoms with E-state index in [4.69, 9.17) is 38.3 Å². The van der Waals surface area contributed by atoms with E-state index in [1.807, 2.05) is 31.2 Å². The highest BCUT2D eigenvalue weighted by Crippen LogP contribution is 2.26. The van der Waals surface area contributed by atoms with Gasteiger partial charge < -0.3 is 38.3 Å². The lowest BCUT2D eigenvalue weighted by molar-refractivity contribution is -0.151. The summed E-state index contributed by atoms with van der Waals surface area (Å²) in [6.07, 6.45) is 11.4. The molecule has 0 aromatic heterocycles. The van der Waals surface area contributed by atoms with Crippen molar-refractivity contribution in [2.75, 3.05) is 33.0 Å². The number of ether oxygens (including phenoxy) is 7. The lowest BCUT2D eigenvalue weighted by Crippen LogP contribution is -2.22. The minimum absolute atomic E-state index is 0.0358. The minimum atomic E-state index is -0.896. The van der Waals surface area contributed by atoms with Gasteiger partial charge in [-0.1, -0.05) is 32.1 Å². The summed E-state index contributed by atoms with van der Waals surface area (Å²) in [5.41, 5.74) is 1.45. The summed E-state index contributed by atoms with van der Waals surface area (Å²) < 4.78 is 37.5. The van der Waals surface area contributed by atoms with E-state index in [0.717, 1.165) is 63.4 Å². The van der Waals surface area contributed by atoms with Crippen molar-refractivity contribution >= 4 is 36.1 Å². The Bertz CT molecular complexity index is 1590. The molecule has 1 atom stereocenters. The first-order valence-corrected chi connectivity index (χ1v) is 19.5. The van der Waals surface area contributed by atoms with Crippen molar-refractivity contribution in [3.05, 3.63) is 71.8 Å². The SMILES string of the molecule is C=C(CC(=O)OC1CCCCC1)C(=O)OCCCCOC(=O)Oc1ccc(OC(=O)/C=C/c2ccc(OCCCCCCOC(=O)C(C)CO)cc2)cc1CC. The molecule has 0 bridgehead atoms. The Hall–Kier alpha value is -5.17. The average molecular weight is 781 g/mol. The normalized spacial score (nSPS) is 13.3. The van der Waals surface area contributed by atoms with Crippen LogP contribution in [-0.2, 0) is 44.5 Å². The Morgan fingerprint density at radius 2 is 1.45 bits per heavy atom. The molecule has 0 amide bonds. The van der Waals surface area contributed by atoms with E-state index in [9.17, 15) is 24.0 Å². The van der Waals surface area contributed by atoms with Crippen molar-refractivity contribution in [2.45, 2.75) is 103 Å². The number of carbonyl (C=O) groups excluding carboxylic acids is 5. The van der Waals surface area contributed by atoms with Crippen LogP contribution in [0.4, 0.5) is 4.79 Å². The van der Waals surface area contributed by atoms with E-state index in [2.05, 4.69) is 6.58 Å². The van der Waals surface area contributed by atoms with Gasteiger partial charge in [0.1, 0.15) is 23.4 Å². The maximum atomic E-state index is 12.5. The predicted molar refractivity (Wildman–Crippen MR) is 207 cm³/mol. The molecule has 1 saturated carbocycles. The van der Waals surface area contributed by atoms with Crippen LogP contribution in [0.3, 0.4) is 0 Å². The van der Waals surface area contributed by atoms with Crippen LogP contribution in [0, 0.1) is 5.92 Å². The van der Waals surface area contributed by atoms with Crippen LogP contribution in [0.5, 0.6) is 17.2 Å². The number of aliphatic hydroxyl groups is 1. The van der Waals surface area contributed by atoms with Crippen molar-refractivity contribution < 1.29 is 62.2 Å². The monoisotopic (exact) mass is 780 g/mol. The van der Waals surface area contributed by atoms with Crippen LogP contribution in [0.1, 0.15) is 102 Å². The zero-order chi connectivity index (χ0) is 40.5. The van der Waals surface area contributed by atoms with Crippen LogP contribution in [0.25, 0.3) is 6.08 Å². The number of esters is 4. The number of aliphatic hydroxyl groups excluding tert-OH is 1. The average Bonchev–Trinajstić information content (AvgIpc) is 3.20. The highest BCUT2D eigenvalue weighted by molar-refractivity contribution is 5.93. The van der Waals surface area contributed by atoms with E-state index < -0.39 is 30.0 Å². The smallest absolute Gasteiger partial charge is 0.494 e. The van der Waals surface area contributed by atoms with Crippen molar-refractivity contribution in [1.82, 2.24) is 0 Å². The van der Waals surface area contributed by atoms with Gasteiger partial charge in [0.2, 0.25) is 0 Å². The van der Waals surface area contributed by atoms with E-state index in [0.29, 0.717) is 43.8 Å². The fourth-order valence-corrected chi connectivity index (χ4v) is 5.52. The number of aryl methyl sites for hydroxylation is 1. The number of benzene rings is 2. The van der Waals surface area contributed by atoms with Gasteiger partial charge in [-0.15, -0.1) is 0 Å². The Labute approximate surface area is 329 Å². The Morgan fingerprint density at radius 3 is 2.14 bits per heavy atom. The van der Waals surface area contributed by atoms with Crippen LogP contribution in [0.15, 0.2) is 60.7 Å². The molecule has 0 heterocycles. The molecule has 3 rings (SSSR count). The molecule has 1 fully saturated rings. The molecule has 1 aliphatic rings. The van der Waals surface area contributed by atoms with Crippen molar-refractivity contribution in [1.29, 1.82) is 0 Å². The molecule has 13 heteroatoms. The summed E-state index contributed by atoms with van der Waals surface area (Å²) in [7, 11) is 0. The van der Waals surface area contributed by atoms with Gasteiger partial charge in [0, 0.05) is 11.6 Å². The minimum Gasteiger partial charge on any atom is -0.494 e. The molecule has 2 aromatic carbocycles. The fraction of sp³-hybridized carbons (Fsp3) is 0.512. The molecular formula is C43H56O13. The quantitative estimate of drug-likeness (QED) is 0.0276. The van der Waals surface area contributed by atoms with E-state index in [-0.39, 0.29) is 55.4 Å². The van der Waals surface area contributed by atoms with E-state index >= 15 is 0 Å². The summed E-state index contributed by atoms with van der Waals surface area (Å²) in [5.74, 6) is -1.32. The summed E-state index contributed by atoms with van der Waals surface area (Å²) >= 11 is 0. The van der Waals surface area contributed by atoms with Gasteiger partial charge in [0.25, 0.3) is 0 Å². The first-order chi connectivity index (χ1) is 27.1. The number of hydrogen-bond donors (Lipinski definition) is 1. The van der Waals surface area contributed by atoms with Crippen molar-refractivity contribution in [3.8, 4) is 17.2 Å². The highest BCUT2D eigenvalue weighted by atomic mass is 16.7. The molecule has 0 aliphatic heterocycles. The second kappa shape index (κ2) is 25.8. The number of rotatable bonds is 24. The van der Waals surface area contributed by atoms with E-state index in [1.165, 1.54) is 18.2 Å². The van der Waals surface area contributed by atoms with Gasteiger partial charge >= 0.3 is 30.0 Å². The number of carbonyl (C=O) groups is 5. The molecule has 0 spiro atoms. The summed E-state index contributed by atoms with van der Waals surface area (Å²) in [5, 5.41) is 8.96. The lowest BCUT2D eigenvalue weighted by Gasteiger charge is -2.21. The third-order valence-electron chi connectivity index (χ3n) is 8.83. The second-order valence-corrected chi connectivity index (χ2v) is 13.5. The first kappa shape index (κ1) is 45.2. The van der Waals surface area contributed by atoms with Crippen molar-refractivity contribution in [3.63, 3.8) is 0 Å². The van der Waals surface area contributed by atoms with Gasteiger partial charge in [-0.2, -0.15) is 0 Å². The Balaban J connectivity index is 1.28. The van der Waals surface area contributed by atoms with Crippen LogP contribution in [-0.4, -0.2) is 74.3 Å². The number of unbranched alkanes of at least 4 members (excludes halogenated alkanes) is 4. The first-order valence-electron chi connectivity index (χ1n) is 19.5. The standard InChI is InChI=1S/C43H56O13/c1-4-34-29-37(55-39(45)23-18-33-16-19-35(20-17-33)50-24-10-5-6-11-25-52-42(48)32(3)30-44)21-22-38(34)56-43(49)53-27-13-12-26-51-41(47)31(2)28-40(46)54-36-14-8-7-9-15-36/h16-23,29,32,36,44H,2,4-15,24-28,30H2,1,3H3/b23-18+. The molecule has 1 N–H and O–H groups in total. The molecule has 13 nitrogen and oxygen atoms in total. The Morgan fingerprint density at radius 1 is 0.804 bits per heavy atom. The second-order valence-electron chi connectivity index (χ2n) is 13.5.